The van der Waals surface area contributed by atoms with Crippen molar-refractivity contribution < 1.29 is 32.3 Å². The Labute approximate surface area is 182 Å². The van der Waals surface area contributed by atoms with Gasteiger partial charge in [-0.25, -0.2) is 0 Å². The molecule has 9 heteroatoms. The molecule has 1 N–H and O–H groups in total. The van der Waals surface area contributed by atoms with E-state index in [9.17, 15) is 27.6 Å². The molecule has 2 aliphatic rings. The number of benzene rings is 2. The number of imide groups is 1. The van der Waals surface area contributed by atoms with E-state index >= 15 is 0 Å². The van der Waals surface area contributed by atoms with E-state index in [1.54, 1.807) is 6.92 Å². The predicted octanol–water partition coefficient (Wildman–Crippen LogP) is 3.97. The molecular formula is C23H21F3N2O4. The van der Waals surface area contributed by atoms with Gasteiger partial charge in [-0.05, 0) is 55.7 Å². The minimum atomic E-state index is -4.48. The average Bonchev–Trinajstić information content (AvgIpc) is 3.36. The highest BCUT2D eigenvalue weighted by molar-refractivity contribution is 6.22. The Morgan fingerprint density at radius 3 is 2.59 bits per heavy atom. The van der Waals surface area contributed by atoms with E-state index in [1.807, 2.05) is 0 Å². The fourth-order valence-corrected chi connectivity index (χ4v) is 3.94. The molecule has 0 radical (unpaired) electrons. The molecule has 32 heavy (non-hydrogen) atoms. The van der Waals surface area contributed by atoms with Crippen LogP contribution in [-0.4, -0.2) is 41.9 Å². The number of fused-ring (bicyclic) bond motifs is 1. The van der Waals surface area contributed by atoms with E-state index in [4.69, 9.17) is 4.74 Å². The third-order valence-electron chi connectivity index (χ3n) is 5.70. The largest absolute Gasteiger partial charge is 0.416 e. The summed E-state index contributed by atoms with van der Waals surface area (Å²) in [6, 6.07) is 8.22. The van der Waals surface area contributed by atoms with Crippen LogP contribution in [0.3, 0.4) is 0 Å². The molecule has 0 aliphatic carbocycles. The van der Waals surface area contributed by atoms with Crippen molar-refractivity contribution in [2.24, 2.45) is 0 Å². The van der Waals surface area contributed by atoms with Crippen molar-refractivity contribution in [3.05, 3.63) is 70.3 Å². The Morgan fingerprint density at radius 2 is 1.91 bits per heavy atom. The van der Waals surface area contributed by atoms with Crippen molar-refractivity contribution in [1.29, 1.82) is 0 Å². The molecule has 2 aliphatic heterocycles. The Balaban J connectivity index is 1.49. The van der Waals surface area contributed by atoms with E-state index in [-0.39, 0.29) is 29.3 Å². The smallest absolute Gasteiger partial charge is 0.376 e. The number of alkyl halides is 3. The minimum absolute atomic E-state index is 0.132. The van der Waals surface area contributed by atoms with Crippen LogP contribution in [0.15, 0.2) is 42.5 Å². The average molecular weight is 446 g/mol. The van der Waals surface area contributed by atoms with Crippen LogP contribution in [0.25, 0.3) is 0 Å². The predicted molar refractivity (Wildman–Crippen MR) is 108 cm³/mol. The van der Waals surface area contributed by atoms with Gasteiger partial charge < -0.3 is 10.1 Å². The SMILES string of the molecule is CC(NC(=O)c1ccc2c(c1)C(=O)N(CC1CCCO1)C2=O)c1cccc(C(F)(F)F)c1. The van der Waals surface area contributed by atoms with Crippen molar-refractivity contribution in [1.82, 2.24) is 10.2 Å². The highest BCUT2D eigenvalue weighted by Gasteiger charge is 2.38. The summed E-state index contributed by atoms with van der Waals surface area (Å²) in [5.41, 5.74) is -0.0158. The molecule has 0 saturated carbocycles. The topological polar surface area (TPSA) is 75.7 Å². The molecule has 2 aromatic carbocycles. The maximum Gasteiger partial charge on any atom is 0.416 e. The van der Waals surface area contributed by atoms with Crippen LogP contribution < -0.4 is 5.32 Å². The van der Waals surface area contributed by atoms with Gasteiger partial charge in [0.2, 0.25) is 0 Å². The van der Waals surface area contributed by atoms with Gasteiger partial charge in [0, 0.05) is 12.2 Å². The lowest BCUT2D eigenvalue weighted by Gasteiger charge is -2.18. The summed E-state index contributed by atoms with van der Waals surface area (Å²) in [5.74, 6) is -1.47. The quantitative estimate of drug-likeness (QED) is 0.706. The van der Waals surface area contributed by atoms with Crippen LogP contribution >= 0.6 is 0 Å². The van der Waals surface area contributed by atoms with Gasteiger partial charge in [-0.15, -0.1) is 0 Å². The molecule has 168 valence electrons. The van der Waals surface area contributed by atoms with Crippen molar-refractivity contribution >= 4 is 17.7 Å². The summed E-state index contributed by atoms with van der Waals surface area (Å²) in [5, 5.41) is 2.64. The zero-order chi connectivity index (χ0) is 23.0. The number of rotatable bonds is 5. The summed E-state index contributed by atoms with van der Waals surface area (Å²) in [4.78, 5) is 39.2. The van der Waals surface area contributed by atoms with Crippen molar-refractivity contribution in [3.8, 4) is 0 Å². The standard InChI is InChI=1S/C23H21F3N2O4/c1-13(14-4-2-5-16(10-14)23(24,25)26)27-20(29)15-7-8-18-19(11-15)22(31)28(21(18)30)12-17-6-3-9-32-17/h2,4-5,7-8,10-11,13,17H,3,6,9,12H2,1H3,(H,27,29). The molecule has 0 aromatic heterocycles. The van der Waals surface area contributed by atoms with Crippen LogP contribution in [0.4, 0.5) is 13.2 Å². The molecule has 1 saturated heterocycles. The second-order valence-electron chi connectivity index (χ2n) is 7.93. The van der Waals surface area contributed by atoms with E-state index in [0.717, 1.165) is 29.9 Å². The molecule has 2 aromatic rings. The molecule has 2 atom stereocenters. The van der Waals surface area contributed by atoms with Gasteiger partial charge in [0.1, 0.15) is 0 Å². The van der Waals surface area contributed by atoms with Crippen molar-refractivity contribution in [2.45, 2.75) is 38.1 Å². The lowest BCUT2D eigenvalue weighted by atomic mass is 10.0. The van der Waals surface area contributed by atoms with Crippen LogP contribution in [0.2, 0.25) is 0 Å². The number of hydrogen-bond acceptors (Lipinski definition) is 4. The van der Waals surface area contributed by atoms with Gasteiger partial charge in [-0.2, -0.15) is 13.2 Å². The zero-order valence-electron chi connectivity index (χ0n) is 17.2. The highest BCUT2D eigenvalue weighted by Crippen LogP contribution is 2.31. The zero-order valence-corrected chi connectivity index (χ0v) is 17.2. The molecule has 2 unspecified atom stereocenters. The summed E-state index contributed by atoms with van der Waals surface area (Å²) in [6.45, 7) is 2.33. The Morgan fingerprint density at radius 1 is 1.16 bits per heavy atom. The molecule has 0 spiro atoms. The molecule has 3 amide bonds. The van der Waals surface area contributed by atoms with Gasteiger partial charge >= 0.3 is 6.18 Å². The van der Waals surface area contributed by atoms with E-state index in [1.165, 1.54) is 30.3 Å². The first-order valence-electron chi connectivity index (χ1n) is 10.2. The van der Waals surface area contributed by atoms with Crippen molar-refractivity contribution in [2.75, 3.05) is 13.2 Å². The molecular weight excluding hydrogens is 425 g/mol. The number of carbonyl (C=O) groups excluding carboxylic acids is 3. The van der Waals surface area contributed by atoms with Gasteiger partial charge in [-0.3, -0.25) is 19.3 Å². The van der Waals surface area contributed by atoms with Gasteiger partial charge in [-0.1, -0.05) is 12.1 Å². The second-order valence-corrected chi connectivity index (χ2v) is 7.93. The van der Waals surface area contributed by atoms with Crippen LogP contribution in [0.1, 0.15) is 68.0 Å². The van der Waals surface area contributed by atoms with Gasteiger partial charge in [0.15, 0.2) is 0 Å². The second kappa shape index (κ2) is 8.38. The molecule has 0 bridgehead atoms. The summed E-state index contributed by atoms with van der Waals surface area (Å²) in [7, 11) is 0. The third-order valence-corrected chi connectivity index (χ3v) is 5.70. The highest BCUT2D eigenvalue weighted by atomic mass is 19.4. The lowest BCUT2D eigenvalue weighted by Crippen LogP contribution is -2.36. The summed E-state index contributed by atoms with van der Waals surface area (Å²) >= 11 is 0. The number of carbonyl (C=O) groups is 3. The Bertz CT molecular complexity index is 1080. The maximum absolute atomic E-state index is 13.0. The normalized spacial score (nSPS) is 19.2. The van der Waals surface area contributed by atoms with Gasteiger partial charge in [0.25, 0.3) is 17.7 Å². The first kappa shape index (κ1) is 22.0. The van der Waals surface area contributed by atoms with E-state index < -0.39 is 35.5 Å². The fraction of sp³-hybridized carbons (Fsp3) is 0.348. The number of ether oxygens (including phenoxy) is 1. The van der Waals surface area contributed by atoms with Crippen LogP contribution in [0, 0.1) is 0 Å². The lowest BCUT2D eigenvalue weighted by molar-refractivity contribution is -0.137. The summed E-state index contributed by atoms with van der Waals surface area (Å²) < 4.78 is 44.4. The van der Waals surface area contributed by atoms with E-state index in [0.29, 0.717) is 12.2 Å². The number of nitrogens with zero attached hydrogens (tertiary/aromatic N) is 1. The fourth-order valence-electron chi connectivity index (χ4n) is 3.94. The Kier molecular flexibility index (Phi) is 5.77. The number of halogens is 3. The molecule has 2 heterocycles. The number of nitrogens with one attached hydrogen (secondary N) is 1. The maximum atomic E-state index is 13.0. The monoisotopic (exact) mass is 446 g/mol. The van der Waals surface area contributed by atoms with E-state index in [2.05, 4.69) is 5.32 Å². The molecule has 1 fully saturated rings. The summed E-state index contributed by atoms with van der Waals surface area (Å²) in [6.07, 6.45) is -3.02. The van der Waals surface area contributed by atoms with Crippen LogP contribution in [-0.2, 0) is 10.9 Å². The molecule has 6 nitrogen and oxygen atoms in total. The third kappa shape index (κ3) is 4.25. The van der Waals surface area contributed by atoms with Crippen LogP contribution in [0.5, 0.6) is 0 Å². The van der Waals surface area contributed by atoms with Gasteiger partial charge in [0.05, 0.1) is 35.4 Å². The minimum Gasteiger partial charge on any atom is -0.376 e. The number of amides is 3. The first-order valence-corrected chi connectivity index (χ1v) is 10.2. The Hall–Kier alpha value is -3.20. The molecule has 4 rings (SSSR count). The number of hydrogen-bond donors (Lipinski definition) is 1. The van der Waals surface area contributed by atoms with Crippen molar-refractivity contribution in [3.63, 3.8) is 0 Å². The first-order chi connectivity index (χ1) is 15.1.